The van der Waals surface area contributed by atoms with E-state index in [4.69, 9.17) is 5.11 Å². The first-order valence-corrected chi connectivity index (χ1v) is 5.65. The summed E-state index contributed by atoms with van der Waals surface area (Å²) in [4.78, 5) is 14.5. The monoisotopic (exact) mass is 236 g/mol. The lowest BCUT2D eigenvalue weighted by atomic mass is 10.2. The molecule has 0 heterocycles. The average Bonchev–Trinajstić information content (AvgIpc) is 2.26. The first kappa shape index (κ1) is 13.5. The van der Waals surface area contributed by atoms with Gasteiger partial charge in [-0.15, -0.1) is 0 Å². The summed E-state index contributed by atoms with van der Waals surface area (Å²) in [6, 6.07) is 8.26. The third-order valence-electron chi connectivity index (χ3n) is 2.59. The van der Waals surface area contributed by atoms with Crippen LogP contribution < -0.4 is 4.90 Å². The zero-order chi connectivity index (χ0) is 12.8. The normalized spacial score (nSPS) is 10.6. The quantitative estimate of drug-likeness (QED) is 0.816. The number of aliphatic carboxylic acids is 1. The fourth-order valence-electron chi connectivity index (χ4n) is 1.61. The molecule has 0 fully saturated rings. The van der Waals surface area contributed by atoms with Gasteiger partial charge in [0.1, 0.15) is 0 Å². The van der Waals surface area contributed by atoms with Crippen LogP contribution >= 0.6 is 0 Å². The van der Waals surface area contributed by atoms with Gasteiger partial charge in [-0.25, -0.2) is 0 Å². The summed E-state index contributed by atoms with van der Waals surface area (Å²) in [6.07, 6.45) is 0.184. The summed E-state index contributed by atoms with van der Waals surface area (Å²) in [5.41, 5.74) is 2.36. The van der Waals surface area contributed by atoms with Crippen LogP contribution in [0.3, 0.4) is 0 Å². The molecule has 0 saturated heterocycles. The standard InChI is InChI=1S/C13H20N2O2/c1-14(2)12-6-4-5-11(9-12)10-15(3)8-7-13(16)17/h4-6,9H,7-8,10H2,1-3H3,(H,16,17). The summed E-state index contributed by atoms with van der Waals surface area (Å²) >= 11 is 0. The lowest BCUT2D eigenvalue weighted by Crippen LogP contribution is -2.21. The Bertz CT molecular complexity index is 377. The summed E-state index contributed by atoms with van der Waals surface area (Å²) in [6.45, 7) is 1.34. The first-order chi connectivity index (χ1) is 7.99. The second-order valence-corrected chi connectivity index (χ2v) is 4.45. The van der Waals surface area contributed by atoms with E-state index in [1.807, 2.05) is 32.1 Å². The van der Waals surface area contributed by atoms with Crippen LogP contribution in [0.15, 0.2) is 24.3 Å². The molecule has 1 aromatic rings. The molecule has 0 aliphatic carbocycles. The number of nitrogens with zero attached hydrogens (tertiary/aromatic N) is 2. The number of rotatable bonds is 6. The SMILES string of the molecule is CN(CCC(=O)O)Cc1cccc(N(C)C)c1. The van der Waals surface area contributed by atoms with Crippen LogP contribution in [0.4, 0.5) is 5.69 Å². The number of hydrogen-bond acceptors (Lipinski definition) is 3. The number of carboxylic acids is 1. The first-order valence-electron chi connectivity index (χ1n) is 5.65. The molecule has 4 nitrogen and oxygen atoms in total. The van der Waals surface area contributed by atoms with Crippen molar-refractivity contribution in [2.45, 2.75) is 13.0 Å². The van der Waals surface area contributed by atoms with Crippen molar-refractivity contribution in [2.75, 3.05) is 32.6 Å². The van der Waals surface area contributed by atoms with Crippen molar-refractivity contribution in [3.05, 3.63) is 29.8 Å². The van der Waals surface area contributed by atoms with Crippen LogP contribution in [0.1, 0.15) is 12.0 Å². The number of hydrogen-bond donors (Lipinski definition) is 1. The van der Waals surface area contributed by atoms with Gasteiger partial charge in [0, 0.05) is 32.9 Å². The lowest BCUT2D eigenvalue weighted by Gasteiger charge is -2.18. The number of benzene rings is 1. The van der Waals surface area contributed by atoms with Crippen LogP contribution in [0.2, 0.25) is 0 Å². The summed E-state index contributed by atoms with van der Waals surface area (Å²) in [5.74, 6) is -0.751. The van der Waals surface area contributed by atoms with E-state index in [-0.39, 0.29) is 6.42 Å². The van der Waals surface area contributed by atoms with Gasteiger partial charge in [-0.2, -0.15) is 0 Å². The molecule has 0 unspecified atom stereocenters. The molecule has 0 aliphatic rings. The largest absolute Gasteiger partial charge is 0.481 e. The predicted octanol–water partition coefficient (Wildman–Crippen LogP) is 1.66. The van der Waals surface area contributed by atoms with Crippen molar-refractivity contribution in [1.82, 2.24) is 4.90 Å². The zero-order valence-corrected chi connectivity index (χ0v) is 10.7. The van der Waals surface area contributed by atoms with E-state index in [1.54, 1.807) is 0 Å². The van der Waals surface area contributed by atoms with Gasteiger partial charge in [0.25, 0.3) is 0 Å². The second-order valence-electron chi connectivity index (χ2n) is 4.45. The lowest BCUT2D eigenvalue weighted by molar-refractivity contribution is -0.137. The van der Waals surface area contributed by atoms with Gasteiger partial charge in [-0.05, 0) is 24.7 Å². The third kappa shape index (κ3) is 4.87. The van der Waals surface area contributed by atoms with Gasteiger partial charge in [-0.1, -0.05) is 12.1 Å². The molecular formula is C13H20N2O2. The highest BCUT2D eigenvalue weighted by atomic mass is 16.4. The Labute approximate surface area is 102 Å². The maximum absolute atomic E-state index is 10.5. The Morgan fingerprint density at radius 3 is 2.59 bits per heavy atom. The topological polar surface area (TPSA) is 43.8 Å². The molecule has 1 rings (SSSR count). The van der Waals surface area contributed by atoms with Crippen molar-refractivity contribution in [2.24, 2.45) is 0 Å². The maximum Gasteiger partial charge on any atom is 0.304 e. The van der Waals surface area contributed by atoms with E-state index in [1.165, 1.54) is 5.56 Å². The molecule has 0 saturated carbocycles. The molecule has 0 aromatic heterocycles. The number of carbonyl (C=O) groups is 1. The summed E-state index contributed by atoms with van der Waals surface area (Å²) in [5, 5.41) is 8.61. The van der Waals surface area contributed by atoms with Crippen molar-refractivity contribution in [3.63, 3.8) is 0 Å². The van der Waals surface area contributed by atoms with Crippen molar-refractivity contribution in [1.29, 1.82) is 0 Å². The number of anilines is 1. The second kappa shape index (κ2) is 6.25. The fraction of sp³-hybridized carbons (Fsp3) is 0.462. The summed E-state index contributed by atoms with van der Waals surface area (Å²) in [7, 11) is 5.95. The minimum absolute atomic E-state index is 0.184. The molecule has 0 atom stereocenters. The molecule has 0 spiro atoms. The average molecular weight is 236 g/mol. The van der Waals surface area contributed by atoms with Gasteiger partial charge in [0.2, 0.25) is 0 Å². The zero-order valence-electron chi connectivity index (χ0n) is 10.7. The van der Waals surface area contributed by atoms with Gasteiger partial charge >= 0.3 is 5.97 Å². The van der Waals surface area contributed by atoms with Gasteiger partial charge < -0.3 is 14.9 Å². The molecule has 1 N–H and O–H groups in total. The summed E-state index contributed by atoms with van der Waals surface area (Å²) < 4.78 is 0. The van der Waals surface area contributed by atoms with Gasteiger partial charge in [0.15, 0.2) is 0 Å². The van der Waals surface area contributed by atoms with Crippen LogP contribution in [0.5, 0.6) is 0 Å². The Balaban J connectivity index is 2.55. The molecule has 0 aliphatic heterocycles. The third-order valence-corrected chi connectivity index (χ3v) is 2.59. The highest BCUT2D eigenvalue weighted by Crippen LogP contribution is 2.14. The Morgan fingerprint density at radius 1 is 1.29 bits per heavy atom. The molecule has 0 bridgehead atoms. The van der Waals surface area contributed by atoms with Gasteiger partial charge in [0.05, 0.1) is 6.42 Å². The van der Waals surface area contributed by atoms with E-state index in [2.05, 4.69) is 23.1 Å². The Hall–Kier alpha value is -1.55. The van der Waals surface area contributed by atoms with Crippen LogP contribution in [0.25, 0.3) is 0 Å². The molecule has 94 valence electrons. The minimum Gasteiger partial charge on any atom is -0.481 e. The van der Waals surface area contributed by atoms with E-state index in [0.29, 0.717) is 6.54 Å². The molecule has 4 heteroatoms. The highest BCUT2D eigenvalue weighted by molar-refractivity contribution is 5.66. The molecule has 0 radical (unpaired) electrons. The fourth-order valence-corrected chi connectivity index (χ4v) is 1.61. The smallest absolute Gasteiger partial charge is 0.304 e. The minimum atomic E-state index is -0.751. The van der Waals surface area contributed by atoms with Crippen molar-refractivity contribution < 1.29 is 9.90 Å². The highest BCUT2D eigenvalue weighted by Gasteiger charge is 2.04. The van der Waals surface area contributed by atoms with Crippen LogP contribution in [0, 0.1) is 0 Å². The van der Waals surface area contributed by atoms with Crippen LogP contribution in [-0.4, -0.2) is 43.7 Å². The molecule has 1 aromatic carbocycles. The van der Waals surface area contributed by atoms with Crippen molar-refractivity contribution in [3.8, 4) is 0 Å². The molecule has 0 amide bonds. The van der Waals surface area contributed by atoms with E-state index >= 15 is 0 Å². The Morgan fingerprint density at radius 2 is 2.00 bits per heavy atom. The van der Waals surface area contributed by atoms with Crippen LogP contribution in [-0.2, 0) is 11.3 Å². The molecular weight excluding hydrogens is 216 g/mol. The van der Waals surface area contributed by atoms with Gasteiger partial charge in [-0.3, -0.25) is 4.79 Å². The van der Waals surface area contributed by atoms with E-state index < -0.39 is 5.97 Å². The number of carboxylic acid groups (broad SMARTS) is 1. The molecule has 17 heavy (non-hydrogen) atoms. The van der Waals surface area contributed by atoms with Crippen molar-refractivity contribution >= 4 is 11.7 Å². The van der Waals surface area contributed by atoms with E-state index in [9.17, 15) is 4.79 Å². The maximum atomic E-state index is 10.5. The van der Waals surface area contributed by atoms with E-state index in [0.717, 1.165) is 12.2 Å². The predicted molar refractivity (Wildman–Crippen MR) is 69.4 cm³/mol. The Kier molecular flexibility index (Phi) is 4.97.